The molecule has 1 aromatic carbocycles. The van der Waals surface area contributed by atoms with Gasteiger partial charge in [0.05, 0.1) is 36.3 Å². The van der Waals surface area contributed by atoms with Gasteiger partial charge >= 0.3 is 5.97 Å². The number of carboxylic acid groups (broad SMARTS) is 1. The molecule has 1 unspecified atom stereocenters. The SMILES string of the molecule is CCC1c2c(C#N)ncn2-c2cnc(Nc3ccc(C(=O)O)cc3OC)nc2N1C1CCCC1. The highest BCUT2D eigenvalue weighted by Gasteiger charge is 2.39. The van der Waals surface area contributed by atoms with E-state index in [0.29, 0.717) is 29.1 Å². The van der Waals surface area contributed by atoms with Gasteiger partial charge in [0.1, 0.15) is 23.8 Å². The highest BCUT2D eigenvalue weighted by Crippen LogP contribution is 2.44. The molecule has 174 valence electrons. The van der Waals surface area contributed by atoms with E-state index in [4.69, 9.17) is 9.72 Å². The van der Waals surface area contributed by atoms with E-state index in [1.807, 2.05) is 4.57 Å². The number of carbonyl (C=O) groups is 1. The number of fused-ring (bicyclic) bond motifs is 3. The molecule has 10 nitrogen and oxygen atoms in total. The molecule has 2 N–H and O–H groups in total. The fourth-order valence-electron chi connectivity index (χ4n) is 5.07. The quantitative estimate of drug-likeness (QED) is 0.557. The Hall–Kier alpha value is -4.13. The fourth-order valence-corrected chi connectivity index (χ4v) is 5.07. The molecule has 5 rings (SSSR count). The van der Waals surface area contributed by atoms with Gasteiger partial charge in [0.2, 0.25) is 5.95 Å². The predicted octanol–water partition coefficient (Wildman–Crippen LogP) is 4.20. The van der Waals surface area contributed by atoms with Crippen molar-refractivity contribution in [1.29, 1.82) is 5.26 Å². The van der Waals surface area contributed by atoms with Crippen LogP contribution >= 0.6 is 0 Å². The second-order valence-electron chi connectivity index (χ2n) is 8.48. The summed E-state index contributed by atoms with van der Waals surface area (Å²) >= 11 is 0. The summed E-state index contributed by atoms with van der Waals surface area (Å²) in [6.07, 6.45) is 8.70. The lowest BCUT2D eigenvalue weighted by atomic mass is 10.0. The molecule has 0 spiro atoms. The summed E-state index contributed by atoms with van der Waals surface area (Å²) in [7, 11) is 1.49. The lowest BCUT2D eigenvalue weighted by molar-refractivity contribution is 0.0696. The molecule has 3 aromatic rings. The maximum Gasteiger partial charge on any atom is 0.335 e. The summed E-state index contributed by atoms with van der Waals surface area (Å²) in [6, 6.07) is 7.16. The maximum absolute atomic E-state index is 11.3. The number of aromatic carboxylic acids is 1. The van der Waals surface area contributed by atoms with Crippen molar-refractivity contribution in [2.24, 2.45) is 0 Å². The second-order valence-corrected chi connectivity index (χ2v) is 8.48. The molecule has 1 fully saturated rings. The van der Waals surface area contributed by atoms with Crippen molar-refractivity contribution in [3.63, 3.8) is 0 Å². The minimum Gasteiger partial charge on any atom is -0.495 e. The van der Waals surface area contributed by atoms with Gasteiger partial charge in [-0.05, 0) is 37.5 Å². The molecule has 2 aliphatic rings. The number of ether oxygens (including phenoxy) is 1. The zero-order valence-corrected chi connectivity index (χ0v) is 19.0. The van der Waals surface area contributed by atoms with Crippen molar-refractivity contribution in [3.8, 4) is 17.5 Å². The number of hydrogen-bond donors (Lipinski definition) is 2. The molecule has 1 saturated carbocycles. The number of nitrogens with one attached hydrogen (secondary N) is 1. The topological polar surface area (TPSA) is 129 Å². The maximum atomic E-state index is 11.3. The number of benzene rings is 1. The Bertz CT molecular complexity index is 1290. The fraction of sp³-hybridized carbons (Fsp3) is 0.375. The molecule has 34 heavy (non-hydrogen) atoms. The second kappa shape index (κ2) is 8.67. The number of anilines is 3. The Morgan fingerprint density at radius 1 is 1.32 bits per heavy atom. The van der Waals surface area contributed by atoms with Crippen LogP contribution in [-0.4, -0.2) is 43.7 Å². The normalized spacial score (nSPS) is 17.1. The summed E-state index contributed by atoms with van der Waals surface area (Å²) in [6.45, 7) is 2.12. The Kier molecular flexibility index (Phi) is 5.53. The average molecular weight is 460 g/mol. The molecule has 0 saturated heterocycles. The van der Waals surface area contributed by atoms with E-state index in [-0.39, 0.29) is 11.6 Å². The number of imidazole rings is 1. The monoisotopic (exact) mass is 459 g/mol. The summed E-state index contributed by atoms with van der Waals surface area (Å²) in [5.74, 6) is 0.533. The third-order valence-electron chi connectivity index (χ3n) is 6.62. The number of rotatable bonds is 6. The van der Waals surface area contributed by atoms with E-state index >= 15 is 0 Å². The van der Waals surface area contributed by atoms with Crippen molar-refractivity contribution in [2.75, 3.05) is 17.3 Å². The minimum absolute atomic E-state index is 0.0140. The number of hydrogen-bond acceptors (Lipinski definition) is 8. The van der Waals surface area contributed by atoms with Crippen molar-refractivity contribution in [3.05, 3.63) is 47.7 Å². The van der Waals surface area contributed by atoms with Gasteiger partial charge in [0.25, 0.3) is 0 Å². The van der Waals surface area contributed by atoms with E-state index in [0.717, 1.165) is 36.5 Å². The largest absolute Gasteiger partial charge is 0.495 e. The van der Waals surface area contributed by atoms with Crippen LogP contribution in [0.1, 0.15) is 66.8 Å². The number of aromatic nitrogens is 4. The molecule has 1 aliphatic heterocycles. The van der Waals surface area contributed by atoms with Crippen LogP contribution in [0.15, 0.2) is 30.7 Å². The first kappa shape index (κ1) is 21.7. The van der Waals surface area contributed by atoms with Gasteiger partial charge in [-0.1, -0.05) is 19.8 Å². The summed E-state index contributed by atoms with van der Waals surface area (Å²) in [5.41, 5.74) is 2.82. The Balaban J connectivity index is 1.60. The van der Waals surface area contributed by atoms with E-state index in [1.54, 1.807) is 18.6 Å². The van der Waals surface area contributed by atoms with Gasteiger partial charge in [0, 0.05) is 6.04 Å². The summed E-state index contributed by atoms with van der Waals surface area (Å²) in [4.78, 5) is 27.4. The standard InChI is InChI=1S/C24H25N7O3/c1-3-18-21-17(11-25)27-13-30(21)19-12-26-24(29-22(19)31(18)15-6-4-5-7-15)28-16-9-8-14(23(32)33)10-20(16)34-2/h8-10,12-13,15,18H,3-7H2,1-2H3,(H,32,33)(H,26,28,29). The van der Waals surface area contributed by atoms with Crippen molar-refractivity contribution in [2.45, 2.75) is 51.1 Å². The van der Waals surface area contributed by atoms with Gasteiger partial charge in [-0.15, -0.1) is 0 Å². The summed E-state index contributed by atoms with van der Waals surface area (Å²) in [5, 5.41) is 22.1. The smallest absolute Gasteiger partial charge is 0.335 e. The lowest BCUT2D eigenvalue weighted by Crippen LogP contribution is -2.42. The molecular formula is C24H25N7O3. The van der Waals surface area contributed by atoms with Gasteiger partial charge in [-0.3, -0.25) is 4.57 Å². The van der Waals surface area contributed by atoms with Crippen LogP contribution in [0.3, 0.4) is 0 Å². The third-order valence-corrected chi connectivity index (χ3v) is 6.62. The minimum atomic E-state index is -1.03. The first-order valence-corrected chi connectivity index (χ1v) is 11.4. The van der Waals surface area contributed by atoms with E-state index in [2.05, 4.69) is 33.2 Å². The molecule has 0 bridgehead atoms. The van der Waals surface area contributed by atoms with Gasteiger partial charge in [-0.25, -0.2) is 14.8 Å². The first-order chi connectivity index (χ1) is 16.5. The molecule has 1 aliphatic carbocycles. The van der Waals surface area contributed by atoms with E-state index in [1.165, 1.54) is 32.1 Å². The number of nitriles is 1. The van der Waals surface area contributed by atoms with E-state index < -0.39 is 5.97 Å². The van der Waals surface area contributed by atoms with E-state index in [9.17, 15) is 15.2 Å². The van der Waals surface area contributed by atoms with Crippen LogP contribution in [-0.2, 0) is 0 Å². The molecular weight excluding hydrogens is 434 g/mol. The molecule has 0 amide bonds. The molecule has 2 aromatic heterocycles. The molecule has 0 radical (unpaired) electrons. The average Bonchev–Trinajstić information content (AvgIpc) is 3.53. The predicted molar refractivity (Wildman–Crippen MR) is 125 cm³/mol. The van der Waals surface area contributed by atoms with Crippen molar-refractivity contribution >= 4 is 23.4 Å². The number of carboxylic acids is 1. The van der Waals surface area contributed by atoms with Gasteiger partial charge in [-0.2, -0.15) is 10.2 Å². The third kappa shape index (κ3) is 3.50. The highest BCUT2D eigenvalue weighted by atomic mass is 16.5. The van der Waals surface area contributed by atoms with Crippen LogP contribution in [0.25, 0.3) is 5.69 Å². The van der Waals surface area contributed by atoms with Gasteiger partial charge < -0.3 is 20.1 Å². The highest BCUT2D eigenvalue weighted by molar-refractivity contribution is 5.89. The molecule has 1 atom stereocenters. The van der Waals surface area contributed by atoms with Crippen LogP contribution < -0.4 is 15.0 Å². The first-order valence-electron chi connectivity index (χ1n) is 11.4. The Morgan fingerprint density at radius 3 is 2.79 bits per heavy atom. The summed E-state index contributed by atoms with van der Waals surface area (Å²) < 4.78 is 7.31. The van der Waals surface area contributed by atoms with Crippen molar-refractivity contribution in [1.82, 2.24) is 19.5 Å². The number of nitrogens with zero attached hydrogens (tertiary/aromatic N) is 6. The van der Waals surface area contributed by atoms with Crippen molar-refractivity contribution < 1.29 is 14.6 Å². The van der Waals surface area contributed by atoms with Crippen LogP contribution in [0.4, 0.5) is 17.5 Å². The van der Waals surface area contributed by atoms with Crippen LogP contribution in [0, 0.1) is 11.3 Å². The van der Waals surface area contributed by atoms with Gasteiger partial charge in [0.15, 0.2) is 11.5 Å². The zero-order chi connectivity index (χ0) is 23.8. The lowest BCUT2D eigenvalue weighted by Gasteiger charge is -2.41. The Labute approximate surface area is 196 Å². The van der Waals surface area contributed by atoms with Crippen LogP contribution in [0.2, 0.25) is 0 Å². The van der Waals surface area contributed by atoms with Crippen LogP contribution in [0.5, 0.6) is 5.75 Å². The molecule has 3 heterocycles. The zero-order valence-electron chi connectivity index (χ0n) is 19.0. The Morgan fingerprint density at radius 2 is 2.12 bits per heavy atom. The molecule has 10 heteroatoms. The number of methoxy groups -OCH3 is 1.